The Kier molecular flexibility index (Phi) is 3.61. The minimum atomic E-state index is 0.935. The molecule has 3 aromatic heterocycles. The van der Waals surface area contributed by atoms with Crippen molar-refractivity contribution in [1.82, 2.24) is 14.5 Å². The zero-order valence-corrected chi connectivity index (χ0v) is 17.4. The Morgan fingerprint density at radius 1 is 0.656 bits per heavy atom. The Bertz CT molecular complexity index is 1640. The summed E-state index contributed by atoms with van der Waals surface area (Å²) < 4.78 is 2.41. The van der Waals surface area contributed by atoms with Crippen LogP contribution in [0.15, 0.2) is 104 Å². The van der Waals surface area contributed by atoms with E-state index in [9.17, 15) is 0 Å². The standard InChI is InChI=1S/C29H19N3/c1-2-10-27-21(6-1)15-23-16-22(17-24-25-18-30-13-11-28(25)32(27)29(23)24)19-7-5-8-20(14-19)26-9-3-4-12-31-26/h1-14,16-18H,15H2. The number of benzene rings is 3. The van der Waals surface area contributed by atoms with Crippen LogP contribution in [-0.2, 0) is 6.42 Å². The van der Waals surface area contributed by atoms with Crippen molar-refractivity contribution in [2.75, 3.05) is 0 Å². The van der Waals surface area contributed by atoms with E-state index in [4.69, 9.17) is 0 Å². The summed E-state index contributed by atoms with van der Waals surface area (Å²) >= 11 is 0. The van der Waals surface area contributed by atoms with E-state index < -0.39 is 0 Å². The SMILES string of the molecule is c1ccc(-c2cccc(-c3cc4c5c(c3)c3cnccc3n5-c3ccccc3C4)c2)nc1. The summed E-state index contributed by atoms with van der Waals surface area (Å²) in [5, 5.41) is 2.46. The van der Waals surface area contributed by atoms with Crippen molar-refractivity contribution in [2.24, 2.45) is 0 Å². The lowest BCUT2D eigenvalue weighted by Gasteiger charge is -2.21. The predicted octanol–water partition coefficient (Wildman–Crippen LogP) is 6.81. The van der Waals surface area contributed by atoms with E-state index in [0.717, 1.165) is 17.7 Å². The largest absolute Gasteiger partial charge is 0.309 e. The van der Waals surface area contributed by atoms with Crippen LogP contribution in [-0.4, -0.2) is 14.5 Å². The minimum absolute atomic E-state index is 0.935. The molecule has 150 valence electrons. The van der Waals surface area contributed by atoms with Crippen molar-refractivity contribution in [3.05, 3.63) is 115 Å². The van der Waals surface area contributed by atoms with E-state index in [1.807, 2.05) is 30.7 Å². The second kappa shape index (κ2) is 6.63. The molecule has 0 bridgehead atoms. The molecule has 0 spiro atoms. The van der Waals surface area contributed by atoms with Crippen LogP contribution in [0.3, 0.4) is 0 Å². The molecule has 6 aromatic rings. The van der Waals surface area contributed by atoms with Crippen LogP contribution in [0.5, 0.6) is 0 Å². The van der Waals surface area contributed by atoms with Crippen LogP contribution in [0, 0.1) is 0 Å². The smallest absolute Gasteiger partial charge is 0.0702 e. The third kappa shape index (κ3) is 2.48. The van der Waals surface area contributed by atoms with Gasteiger partial charge in [0.05, 0.1) is 16.7 Å². The number of rotatable bonds is 2. The van der Waals surface area contributed by atoms with Gasteiger partial charge in [0, 0.05) is 47.0 Å². The van der Waals surface area contributed by atoms with Gasteiger partial charge in [-0.15, -0.1) is 0 Å². The molecule has 1 aliphatic rings. The molecule has 3 nitrogen and oxygen atoms in total. The van der Waals surface area contributed by atoms with Crippen molar-refractivity contribution < 1.29 is 0 Å². The molecule has 3 heteroatoms. The van der Waals surface area contributed by atoms with Gasteiger partial charge in [0.2, 0.25) is 0 Å². The molecule has 3 aromatic carbocycles. The lowest BCUT2D eigenvalue weighted by molar-refractivity contribution is 1.04. The summed E-state index contributed by atoms with van der Waals surface area (Å²) in [5.41, 5.74) is 11.1. The van der Waals surface area contributed by atoms with Crippen molar-refractivity contribution in [2.45, 2.75) is 6.42 Å². The topological polar surface area (TPSA) is 30.7 Å². The summed E-state index contributed by atoms with van der Waals surface area (Å²) in [6.45, 7) is 0. The van der Waals surface area contributed by atoms with E-state index in [0.29, 0.717) is 0 Å². The number of nitrogens with zero attached hydrogens (tertiary/aromatic N) is 3. The molecule has 0 N–H and O–H groups in total. The van der Waals surface area contributed by atoms with Gasteiger partial charge in [-0.1, -0.05) is 42.5 Å². The van der Waals surface area contributed by atoms with Gasteiger partial charge >= 0.3 is 0 Å². The van der Waals surface area contributed by atoms with E-state index in [1.54, 1.807) is 0 Å². The van der Waals surface area contributed by atoms with Crippen molar-refractivity contribution >= 4 is 21.8 Å². The maximum Gasteiger partial charge on any atom is 0.0702 e. The first-order chi connectivity index (χ1) is 15.9. The van der Waals surface area contributed by atoms with E-state index in [2.05, 4.69) is 87.3 Å². The zero-order valence-electron chi connectivity index (χ0n) is 17.4. The fraction of sp³-hybridized carbons (Fsp3) is 0.0345. The summed E-state index contributed by atoms with van der Waals surface area (Å²) in [6.07, 6.45) is 6.67. The lowest BCUT2D eigenvalue weighted by atomic mass is 9.93. The monoisotopic (exact) mass is 409 g/mol. The molecule has 0 atom stereocenters. The number of para-hydroxylation sites is 1. The van der Waals surface area contributed by atoms with Crippen LogP contribution in [0.1, 0.15) is 11.1 Å². The first kappa shape index (κ1) is 17.4. The molecule has 0 aliphatic carbocycles. The fourth-order valence-corrected chi connectivity index (χ4v) is 5.10. The molecule has 0 amide bonds. The van der Waals surface area contributed by atoms with Gasteiger partial charge in [0.1, 0.15) is 0 Å². The Morgan fingerprint density at radius 2 is 1.56 bits per heavy atom. The summed E-state index contributed by atoms with van der Waals surface area (Å²) in [7, 11) is 0. The molecule has 0 radical (unpaired) electrons. The van der Waals surface area contributed by atoms with Gasteiger partial charge in [0.15, 0.2) is 0 Å². The molecular weight excluding hydrogens is 390 g/mol. The van der Waals surface area contributed by atoms with Crippen LogP contribution in [0.4, 0.5) is 0 Å². The number of aromatic nitrogens is 3. The number of fused-ring (bicyclic) bond motifs is 5. The third-order valence-corrected chi connectivity index (χ3v) is 6.51. The first-order valence-electron chi connectivity index (χ1n) is 10.9. The van der Waals surface area contributed by atoms with E-state index >= 15 is 0 Å². The average Bonchev–Trinajstić information content (AvgIpc) is 3.20. The van der Waals surface area contributed by atoms with Gasteiger partial charge in [-0.3, -0.25) is 9.97 Å². The first-order valence-corrected chi connectivity index (χ1v) is 10.9. The van der Waals surface area contributed by atoms with Crippen LogP contribution in [0.25, 0.3) is 49.9 Å². The highest BCUT2D eigenvalue weighted by Crippen LogP contribution is 2.41. The molecule has 0 saturated carbocycles. The molecule has 0 fully saturated rings. The molecular formula is C29H19N3. The van der Waals surface area contributed by atoms with Crippen LogP contribution in [0.2, 0.25) is 0 Å². The number of hydrogen-bond donors (Lipinski definition) is 0. The quantitative estimate of drug-likeness (QED) is 0.314. The van der Waals surface area contributed by atoms with Gasteiger partial charge < -0.3 is 4.57 Å². The van der Waals surface area contributed by atoms with Crippen molar-refractivity contribution in [3.8, 4) is 28.1 Å². The Morgan fingerprint density at radius 3 is 2.50 bits per heavy atom. The van der Waals surface area contributed by atoms with Crippen molar-refractivity contribution in [3.63, 3.8) is 0 Å². The Balaban J connectivity index is 1.51. The minimum Gasteiger partial charge on any atom is -0.309 e. The van der Waals surface area contributed by atoms with Gasteiger partial charge in [-0.05, 0) is 64.7 Å². The maximum absolute atomic E-state index is 4.53. The number of hydrogen-bond acceptors (Lipinski definition) is 2. The highest BCUT2D eigenvalue weighted by molar-refractivity contribution is 6.12. The Labute approximate surface area is 185 Å². The second-order valence-electron chi connectivity index (χ2n) is 8.36. The van der Waals surface area contributed by atoms with E-state index in [-0.39, 0.29) is 0 Å². The predicted molar refractivity (Wildman–Crippen MR) is 130 cm³/mol. The molecule has 0 saturated heterocycles. The fourth-order valence-electron chi connectivity index (χ4n) is 5.10. The van der Waals surface area contributed by atoms with Crippen LogP contribution >= 0.6 is 0 Å². The number of pyridine rings is 2. The average molecular weight is 409 g/mol. The maximum atomic E-state index is 4.53. The molecule has 0 unspecified atom stereocenters. The molecule has 4 heterocycles. The van der Waals surface area contributed by atoms with Gasteiger partial charge in [-0.2, -0.15) is 0 Å². The molecule has 7 rings (SSSR count). The lowest BCUT2D eigenvalue weighted by Crippen LogP contribution is -2.07. The van der Waals surface area contributed by atoms with E-state index in [1.165, 1.54) is 49.7 Å². The van der Waals surface area contributed by atoms with Gasteiger partial charge in [-0.25, -0.2) is 0 Å². The van der Waals surface area contributed by atoms with Gasteiger partial charge in [0.25, 0.3) is 0 Å². The summed E-state index contributed by atoms with van der Waals surface area (Å²) in [4.78, 5) is 8.99. The third-order valence-electron chi connectivity index (χ3n) is 6.51. The molecule has 1 aliphatic heterocycles. The normalized spacial score (nSPS) is 12.2. The highest BCUT2D eigenvalue weighted by atomic mass is 15.0. The molecule has 32 heavy (non-hydrogen) atoms. The van der Waals surface area contributed by atoms with Crippen molar-refractivity contribution in [1.29, 1.82) is 0 Å². The zero-order chi connectivity index (χ0) is 21.1. The summed E-state index contributed by atoms with van der Waals surface area (Å²) in [5.74, 6) is 0. The second-order valence-corrected chi connectivity index (χ2v) is 8.36. The summed E-state index contributed by atoms with van der Waals surface area (Å²) in [6, 6.07) is 30.3. The van der Waals surface area contributed by atoms with Crippen LogP contribution < -0.4 is 0 Å². The Hall–Kier alpha value is -4.24. The highest BCUT2D eigenvalue weighted by Gasteiger charge is 2.23.